The van der Waals surface area contributed by atoms with Crippen LogP contribution in [0.3, 0.4) is 0 Å². The van der Waals surface area contributed by atoms with Crippen LogP contribution in [-0.2, 0) is 14.3 Å². The number of carbonyl (C=O) groups is 2. The summed E-state index contributed by atoms with van der Waals surface area (Å²) in [4.78, 5) is 27.8. The molecule has 1 saturated carbocycles. The number of ether oxygens (including phenoxy) is 1. The summed E-state index contributed by atoms with van der Waals surface area (Å²) in [6.07, 6.45) is -0.220. The molecule has 2 aliphatic heterocycles. The van der Waals surface area contributed by atoms with Crippen molar-refractivity contribution < 1.29 is 29.6 Å². The number of anilines is 1. The maximum atomic E-state index is 13.4. The highest BCUT2D eigenvalue weighted by Gasteiger charge is 2.66. The molecule has 8 heteroatoms. The molecule has 3 N–H and O–H groups in total. The normalized spacial score (nSPS) is 34.7. The van der Waals surface area contributed by atoms with Crippen LogP contribution >= 0.6 is 11.6 Å². The SMILES string of the molecule is O=C1[C@H]2[C@H](C[C@H](CO)[C@@]3(O)O[C@H](c4ccc(O)cc4Cl)C[C@@H]23)C(=O)N1c1ccccc1. The molecule has 0 aromatic heterocycles. The Balaban J connectivity index is 1.53. The number of benzene rings is 2. The van der Waals surface area contributed by atoms with Crippen LogP contribution in [0, 0.1) is 23.7 Å². The van der Waals surface area contributed by atoms with Gasteiger partial charge in [0.15, 0.2) is 5.79 Å². The van der Waals surface area contributed by atoms with E-state index >= 15 is 0 Å². The van der Waals surface area contributed by atoms with Gasteiger partial charge in [0.05, 0.1) is 35.3 Å². The summed E-state index contributed by atoms with van der Waals surface area (Å²) in [5.41, 5.74) is 1.07. The quantitative estimate of drug-likeness (QED) is 0.629. The molecule has 0 bridgehead atoms. The molecule has 162 valence electrons. The van der Waals surface area contributed by atoms with Crippen LogP contribution in [0.1, 0.15) is 24.5 Å². The monoisotopic (exact) mass is 443 g/mol. The Bertz CT molecular complexity index is 1050. The molecular formula is C23H22ClNO6. The van der Waals surface area contributed by atoms with Crippen molar-refractivity contribution in [3.05, 3.63) is 59.1 Å². The van der Waals surface area contributed by atoms with Gasteiger partial charge < -0.3 is 20.1 Å². The van der Waals surface area contributed by atoms with Gasteiger partial charge in [-0.15, -0.1) is 0 Å². The van der Waals surface area contributed by atoms with Crippen molar-refractivity contribution >= 4 is 29.1 Å². The van der Waals surface area contributed by atoms with Crippen LogP contribution in [0.25, 0.3) is 0 Å². The van der Waals surface area contributed by atoms with Crippen molar-refractivity contribution in [1.29, 1.82) is 0 Å². The number of amides is 2. The lowest BCUT2D eigenvalue weighted by atomic mass is 9.64. The van der Waals surface area contributed by atoms with Gasteiger partial charge in [0, 0.05) is 11.8 Å². The predicted octanol–water partition coefficient (Wildman–Crippen LogP) is 2.63. The molecule has 6 atom stereocenters. The zero-order chi connectivity index (χ0) is 21.9. The van der Waals surface area contributed by atoms with Crippen molar-refractivity contribution in [3.8, 4) is 5.75 Å². The highest BCUT2D eigenvalue weighted by molar-refractivity contribution is 6.31. The molecule has 2 amide bonds. The Morgan fingerprint density at radius 1 is 1.10 bits per heavy atom. The lowest BCUT2D eigenvalue weighted by molar-refractivity contribution is -0.274. The number of aliphatic hydroxyl groups is 2. The Morgan fingerprint density at radius 2 is 1.84 bits per heavy atom. The van der Waals surface area contributed by atoms with E-state index in [9.17, 15) is 24.9 Å². The smallest absolute Gasteiger partial charge is 0.238 e. The molecule has 0 spiro atoms. The maximum Gasteiger partial charge on any atom is 0.238 e. The summed E-state index contributed by atoms with van der Waals surface area (Å²) < 4.78 is 6.04. The van der Waals surface area contributed by atoms with E-state index < -0.39 is 35.6 Å². The minimum absolute atomic E-state index is 0.00578. The third kappa shape index (κ3) is 2.99. The summed E-state index contributed by atoms with van der Waals surface area (Å²) in [5, 5.41) is 31.4. The fourth-order valence-corrected chi connectivity index (χ4v) is 5.79. The number of phenols is 1. The van der Waals surface area contributed by atoms with Crippen molar-refractivity contribution in [3.63, 3.8) is 0 Å². The summed E-state index contributed by atoms with van der Waals surface area (Å²) in [7, 11) is 0. The van der Waals surface area contributed by atoms with E-state index in [4.69, 9.17) is 16.3 Å². The number of hydrogen-bond acceptors (Lipinski definition) is 6. The maximum absolute atomic E-state index is 13.4. The third-order valence-electron chi connectivity index (χ3n) is 6.93. The number of fused-ring (bicyclic) bond motifs is 3. The number of hydrogen-bond donors (Lipinski definition) is 3. The number of aromatic hydroxyl groups is 1. The van der Waals surface area contributed by atoms with Crippen LogP contribution < -0.4 is 4.90 Å². The minimum Gasteiger partial charge on any atom is -0.508 e. The number of phenolic OH excluding ortho intramolecular Hbond substituents is 1. The first-order valence-corrected chi connectivity index (χ1v) is 10.6. The third-order valence-corrected chi connectivity index (χ3v) is 7.26. The number of carbonyl (C=O) groups excluding carboxylic acids is 2. The molecule has 2 heterocycles. The lowest BCUT2D eigenvalue weighted by Gasteiger charge is -2.44. The van der Waals surface area contributed by atoms with E-state index in [1.165, 1.54) is 17.0 Å². The van der Waals surface area contributed by atoms with Crippen molar-refractivity contribution in [1.82, 2.24) is 0 Å². The average Bonchev–Trinajstić information content (AvgIpc) is 3.22. The van der Waals surface area contributed by atoms with E-state index in [0.29, 0.717) is 11.3 Å². The van der Waals surface area contributed by atoms with Crippen molar-refractivity contribution in [2.75, 3.05) is 11.5 Å². The summed E-state index contributed by atoms with van der Waals surface area (Å²) in [6, 6.07) is 13.2. The molecule has 31 heavy (non-hydrogen) atoms. The van der Waals surface area contributed by atoms with E-state index in [1.54, 1.807) is 36.4 Å². The molecule has 5 rings (SSSR count). The van der Waals surface area contributed by atoms with E-state index in [1.807, 2.05) is 0 Å². The molecule has 2 aromatic rings. The first-order chi connectivity index (χ1) is 14.8. The second-order valence-electron chi connectivity index (χ2n) is 8.50. The first-order valence-electron chi connectivity index (χ1n) is 10.3. The lowest BCUT2D eigenvalue weighted by Crippen LogP contribution is -2.54. The van der Waals surface area contributed by atoms with Gasteiger partial charge in [-0.2, -0.15) is 0 Å². The van der Waals surface area contributed by atoms with Crippen LogP contribution in [0.15, 0.2) is 48.5 Å². The van der Waals surface area contributed by atoms with E-state index in [0.717, 1.165) is 0 Å². The average molecular weight is 444 g/mol. The Labute approximate surface area is 183 Å². The van der Waals surface area contributed by atoms with Crippen LogP contribution in [0.4, 0.5) is 5.69 Å². The number of nitrogens with zero attached hydrogens (tertiary/aromatic N) is 1. The molecule has 0 unspecified atom stereocenters. The topological polar surface area (TPSA) is 107 Å². The van der Waals surface area contributed by atoms with Gasteiger partial charge in [-0.25, -0.2) is 0 Å². The fourth-order valence-electron chi connectivity index (χ4n) is 5.49. The molecule has 1 aliphatic carbocycles. The van der Waals surface area contributed by atoms with E-state index in [-0.39, 0.29) is 42.0 Å². The Morgan fingerprint density at radius 3 is 2.52 bits per heavy atom. The highest BCUT2D eigenvalue weighted by Crippen LogP contribution is 2.58. The molecule has 3 aliphatic rings. The van der Waals surface area contributed by atoms with Crippen molar-refractivity contribution in [2.45, 2.75) is 24.7 Å². The molecule has 2 saturated heterocycles. The van der Waals surface area contributed by atoms with Gasteiger partial charge >= 0.3 is 0 Å². The molecule has 0 radical (unpaired) electrons. The van der Waals surface area contributed by atoms with Gasteiger partial charge in [-0.3, -0.25) is 14.5 Å². The summed E-state index contributed by atoms with van der Waals surface area (Å²) in [6.45, 7) is -0.376. The van der Waals surface area contributed by atoms with Gasteiger partial charge in [0.25, 0.3) is 0 Å². The fraction of sp³-hybridized carbons (Fsp3) is 0.391. The molecular weight excluding hydrogens is 422 g/mol. The number of imide groups is 1. The molecule has 3 fully saturated rings. The van der Waals surface area contributed by atoms with Crippen LogP contribution in [0.2, 0.25) is 5.02 Å². The van der Waals surface area contributed by atoms with Crippen LogP contribution in [0.5, 0.6) is 5.75 Å². The number of aliphatic hydroxyl groups excluding tert-OH is 1. The van der Waals surface area contributed by atoms with Gasteiger partial charge in [-0.05, 0) is 42.7 Å². The first kappa shape index (κ1) is 20.5. The largest absolute Gasteiger partial charge is 0.508 e. The van der Waals surface area contributed by atoms with Gasteiger partial charge in [-0.1, -0.05) is 35.9 Å². The number of para-hydroxylation sites is 1. The molecule has 2 aromatic carbocycles. The predicted molar refractivity (Wildman–Crippen MR) is 111 cm³/mol. The van der Waals surface area contributed by atoms with E-state index in [2.05, 4.69) is 0 Å². The minimum atomic E-state index is -1.76. The second-order valence-corrected chi connectivity index (χ2v) is 8.91. The van der Waals surface area contributed by atoms with Gasteiger partial charge in [0.2, 0.25) is 11.8 Å². The summed E-state index contributed by atoms with van der Waals surface area (Å²) >= 11 is 6.29. The highest BCUT2D eigenvalue weighted by atomic mass is 35.5. The zero-order valence-electron chi connectivity index (χ0n) is 16.5. The number of halogens is 1. The summed E-state index contributed by atoms with van der Waals surface area (Å²) in [5.74, 6) is -5.20. The standard InChI is InChI=1S/C23H22ClNO6/c24-18-9-14(27)6-7-15(18)19-10-17-20-16(8-12(11-26)23(17,30)31-19)21(28)25(22(20)29)13-4-2-1-3-5-13/h1-7,9,12,16-17,19-20,26-27,30H,8,10-11H2/t12-,16+,17+,19+,20+,23-/m1/s1. The van der Waals surface area contributed by atoms with Gasteiger partial charge in [0.1, 0.15) is 5.75 Å². The van der Waals surface area contributed by atoms with Crippen LogP contribution in [-0.4, -0.2) is 39.5 Å². The number of rotatable bonds is 3. The Kier molecular flexibility index (Phi) is 4.82. The Hall–Kier alpha value is -2.45. The van der Waals surface area contributed by atoms with Crippen molar-refractivity contribution in [2.24, 2.45) is 23.7 Å². The zero-order valence-corrected chi connectivity index (χ0v) is 17.3. The molecule has 7 nitrogen and oxygen atoms in total. The second kappa shape index (κ2) is 7.31.